The third-order valence-electron chi connectivity index (χ3n) is 4.02. The second kappa shape index (κ2) is 8.47. The lowest BCUT2D eigenvalue weighted by atomic mass is 10.1. The number of nitrogens with zero attached hydrogens (tertiary/aromatic N) is 1. The van der Waals surface area contributed by atoms with Gasteiger partial charge in [0.05, 0.1) is 6.10 Å². The van der Waals surface area contributed by atoms with Gasteiger partial charge in [-0.25, -0.2) is 0 Å². The van der Waals surface area contributed by atoms with Gasteiger partial charge >= 0.3 is 0 Å². The molecule has 1 N–H and O–H groups in total. The Morgan fingerprint density at radius 1 is 0.800 bits per heavy atom. The van der Waals surface area contributed by atoms with Crippen LogP contribution in [0.5, 0.6) is 11.5 Å². The van der Waals surface area contributed by atoms with E-state index in [1.165, 1.54) is 5.56 Å². The van der Waals surface area contributed by atoms with Gasteiger partial charge in [-0.05, 0) is 42.4 Å². The second-order valence-corrected chi connectivity index (χ2v) is 6.18. The molecule has 3 rings (SSSR count). The van der Waals surface area contributed by atoms with Crippen molar-refractivity contribution in [3.05, 3.63) is 96.1 Å². The van der Waals surface area contributed by atoms with Gasteiger partial charge in [-0.15, -0.1) is 0 Å². The zero-order valence-corrected chi connectivity index (χ0v) is 14.4. The van der Waals surface area contributed by atoms with E-state index in [1.54, 1.807) is 0 Å². The largest absolute Gasteiger partial charge is 0.457 e. The number of hydrogen-bond acceptors (Lipinski definition) is 3. The van der Waals surface area contributed by atoms with Crippen LogP contribution in [0.3, 0.4) is 0 Å². The van der Waals surface area contributed by atoms with E-state index in [-0.39, 0.29) is 0 Å². The molecule has 0 bridgehead atoms. The van der Waals surface area contributed by atoms with Crippen LogP contribution in [0.1, 0.15) is 17.2 Å². The van der Waals surface area contributed by atoms with Crippen molar-refractivity contribution < 1.29 is 9.84 Å². The van der Waals surface area contributed by atoms with Gasteiger partial charge in [-0.1, -0.05) is 60.7 Å². The lowest BCUT2D eigenvalue weighted by Gasteiger charge is -2.21. The molecule has 0 aliphatic carbocycles. The Morgan fingerprint density at radius 2 is 1.36 bits per heavy atom. The number of rotatable bonds is 7. The van der Waals surface area contributed by atoms with Crippen molar-refractivity contribution in [1.82, 2.24) is 4.90 Å². The molecule has 0 radical (unpaired) electrons. The van der Waals surface area contributed by atoms with Gasteiger partial charge in [0.1, 0.15) is 11.5 Å². The van der Waals surface area contributed by atoms with Gasteiger partial charge < -0.3 is 9.84 Å². The molecular weight excluding hydrogens is 310 g/mol. The van der Waals surface area contributed by atoms with E-state index in [1.807, 2.05) is 79.8 Å². The summed E-state index contributed by atoms with van der Waals surface area (Å²) in [5.74, 6) is 1.65. The quantitative estimate of drug-likeness (QED) is 0.683. The molecule has 3 aromatic carbocycles. The molecule has 0 saturated heterocycles. The molecule has 0 aliphatic heterocycles. The Labute approximate surface area is 149 Å². The first-order chi connectivity index (χ1) is 12.2. The number of likely N-dealkylation sites (N-methyl/N-ethyl adjacent to an activating group) is 1. The molecule has 3 aromatic rings. The summed E-state index contributed by atoms with van der Waals surface area (Å²) in [5.41, 5.74) is 2.13. The third kappa shape index (κ3) is 5.18. The topological polar surface area (TPSA) is 32.7 Å². The van der Waals surface area contributed by atoms with Gasteiger partial charge in [0.25, 0.3) is 0 Å². The van der Waals surface area contributed by atoms with Crippen molar-refractivity contribution >= 4 is 0 Å². The van der Waals surface area contributed by atoms with Crippen LogP contribution in [0.15, 0.2) is 84.9 Å². The summed E-state index contributed by atoms with van der Waals surface area (Å²) in [6, 6.07) is 27.6. The Bertz CT molecular complexity index is 757. The zero-order valence-electron chi connectivity index (χ0n) is 14.4. The van der Waals surface area contributed by atoms with Crippen LogP contribution in [0.2, 0.25) is 0 Å². The summed E-state index contributed by atoms with van der Waals surface area (Å²) in [7, 11) is 2.01. The fourth-order valence-corrected chi connectivity index (χ4v) is 2.74. The Morgan fingerprint density at radius 3 is 2.00 bits per heavy atom. The summed E-state index contributed by atoms with van der Waals surface area (Å²) >= 11 is 0. The zero-order chi connectivity index (χ0) is 17.5. The molecule has 0 aliphatic rings. The van der Waals surface area contributed by atoms with Gasteiger partial charge in [0, 0.05) is 13.1 Å². The first kappa shape index (κ1) is 17.2. The normalized spacial score (nSPS) is 12.1. The Hall–Kier alpha value is -2.62. The van der Waals surface area contributed by atoms with Crippen molar-refractivity contribution in [2.24, 2.45) is 0 Å². The monoisotopic (exact) mass is 333 g/mol. The lowest BCUT2D eigenvalue weighted by molar-refractivity contribution is 0.124. The number of aliphatic hydroxyl groups is 1. The molecular formula is C22H23NO2. The van der Waals surface area contributed by atoms with Crippen molar-refractivity contribution in [2.45, 2.75) is 12.6 Å². The molecule has 0 heterocycles. The first-order valence-electron chi connectivity index (χ1n) is 8.44. The van der Waals surface area contributed by atoms with Crippen LogP contribution in [-0.4, -0.2) is 23.6 Å². The molecule has 0 unspecified atom stereocenters. The highest BCUT2D eigenvalue weighted by Gasteiger charge is 2.10. The summed E-state index contributed by atoms with van der Waals surface area (Å²) in [6.45, 7) is 1.36. The summed E-state index contributed by atoms with van der Waals surface area (Å²) in [5, 5.41) is 10.3. The standard InChI is InChI=1S/C22H23NO2/c1-23(17-22(24)19-8-4-2-5-9-19)16-18-12-14-21(15-13-18)25-20-10-6-3-7-11-20/h2-15,22,24H,16-17H2,1H3/t22-/m1/s1. The molecule has 3 nitrogen and oxygen atoms in total. The summed E-state index contributed by atoms with van der Waals surface area (Å²) < 4.78 is 5.81. The smallest absolute Gasteiger partial charge is 0.127 e. The average molecular weight is 333 g/mol. The van der Waals surface area contributed by atoms with E-state index in [0.717, 1.165) is 23.6 Å². The van der Waals surface area contributed by atoms with Crippen molar-refractivity contribution in [3.8, 4) is 11.5 Å². The fraction of sp³-hybridized carbons (Fsp3) is 0.182. The Kier molecular flexibility index (Phi) is 5.83. The average Bonchev–Trinajstić information content (AvgIpc) is 2.65. The highest BCUT2D eigenvalue weighted by atomic mass is 16.5. The van der Waals surface area contributed by atoms with Gasteiger partial charge in [-0.2, -0.15) is 0 Å². The van der Waals surface area contributed by atoms with E-state index in [0.29, 0.717) is 6.54 Å². The highest BCUT2D eigenvalue weighted by molar-refractivity contribution is 5.33. The van der Waals surface area contributed by atoms with Crippen LogP contribution in [0, 0.1) is 0 Å². The van der Waals surface area contributed by atoms with Crippen LogP contribution in [0.4, 0.5) is 0 Å². The maximum atomic E-state index is 10.3. The van der Waals surface area contributed by atoms with Crippen LogP contribution in [-0.2, 0) is 6.54 Å². The molecule has 0 spiro atoms. The fourth-order valence-electron chi connectivity index (χ4n) is 2.74. The van der Waals surface area contributed by atoms with Crippen molar-refractivity contribution in [3.63, 3.8) is 0 Å². The molecule has 25 heavy (non-hydrogen) atoms. The predicted molar refractivity (Wildman–Crippen MR) is 101 cm³/mol. The minimum absolute atomic E-state index is 0.480. The number of ether oxygens (including phenoxy) is 1. The van der Waals surface area contributed by atoms with E-state index in [9.17, 15) is 5.11 Å². The molecule has 0 fully saturated rings. The second-order valence-electron chi connectivity index (χ2n) is 6.18. The van der Waals surface area contributed by atoms with Gasteiger partial charge in [0.15, 0.2) is 0 Å². The van der Waals surface area contributed by atoms with E-state index >= 15 is 0 Å². The maximum Gasteiger partial charge on any atom is 0.127 e. The number of aliphatic hydroxyl groups excluding tert-OH is 1. The number of para-hydroxylation sites is 1. The SMILES string of the molecule is CN(Cc1ccc(Oc2ccccc2)cc1)C[C@@H](O)c1ccccc1. The number of benzene rings is 3. The maximum absolute atomic E-state index is 10.3. The molecule has 128 valence electrons. The summed E-state index contributed by atoms with van der Waals surface area (Å²) in [4.78, 5) is 2.12. The van der Waals surface area contributed by atoms with Crippen molar-refractivity contribution in [2.75, 3.05) is 13.6 Å². The van der Waals surface area contributed by atoms with E-state index in [2.05, 4.69) is 17.0 Å². The van der Waals surface area contributed by atoms with Crippen LogP contribution >= 0.6 is 0 Å². The first-order valence-corrected chi connectivity index (χ1v) is 8.44. The van der Waals surface area contributed by atoms with Gasteiger partial charge in [-0.3, -0.25) is 4.90 Å². The molecule has 0 aromatic heterocycles. The van der Waals surface area contributed by atoms with Crippen LogP contribution in [0.25, 0.3) is 0 Å². The van der Waals surface area contributed by atoms with E-state index < -0.39 is 6.10 Å². The minimum Gasteiger partial charge on any atom is -0.457 e. The predicted octanol–water partition coefficient (Wildman–Crippen LogP) is 4.64. The molecule has 0 saturated carbocycles. The Balaban J connectivity index is 1.54. The third-order valence-corrected chi connectivity index (χ3v) is 4.02. The molecule has 0 amide bonds. The van der Waals surface area contributed by atoms with Gasteiger partial charge in [0.2, 0.25) is 0 Å². The highest BCUT2D eigenvalue weighted by Crippen LogP contribution is 2.22. The van der Waals surface area contributed by atoms with Crippen molar-refractivity contribution in [1.29, 1.82) is 0 Å². The van der Waals surface area contributed by atoms with E-state index in [4.69, 9.17) is 4.74 Å². The number of hydrogen-bond donors (Lipinski definition) is 1. The molecule has 1 atom stereocenters. The van der Waals surface area contributed by atoms with Crippen LogP contribution < -0.4 is 4.74 Å². The summed E-state index contributed by atoms with van der Waals surface area (Å²) in [6.07, 6.45) is -0.480. The molecule has 3 heteroatoms. The lowest BCUT2D eigenvalue weighted by Crippen LogP contribution is -2.24. The minimum atomic E-state index is -0.480.